The Morgan fingerprint density at radius 2 is 2.00 bits per heavy atom. The third kappa shape index (κ3) is 3.08. The molecular formula is C12H17N3O. The molecule has 0 saturated heterocycles. The third-order valence-electron chi connectivity index (χ3n) is 2.34. The zero-order chi connectivity index (χ0) is 12.0. The molecule has 1 rings (SSSR count). The maximum Gasteiger partial charge on any atom is 0.250 e. The maximum absolute atomic E-state index is 11.1. The van der Waals surface area contributed by atoms with Crippen molar-refractivity contribution in [1.82, 2.24) is 4.90 Å². The molecule has 0 bridgehead atoms. The van der Waals surface area contributed by atoms with Gasteiger partial charge in [0.2, 0.25) is 0 Å². The van der Waals surface area contributed by atoms with E-state index in [1.165, 1.54) is 0 Å². The lowest BCUT2D eigenvalue weighted by Gasteiger charge is -2.13. The van der Waals surface area contributed by atoms with Crippen LogP contribution in [0.25, 0.3) is 0 Å². The van der Waals surface area contributed by atoms with Crippen molar-refractivity contribution in [3.05, 3.63) is 29.8 Å². The van der Waals surface area contributed by atoms with Crippen molar-refractivity contribution < 1.29 is 4.79 Å². The van der Waals surface area contributed by atoms with Gasteiger partial charge in [0, 0.05) is 13.1 Å². The van der Waals surface area contributed by atoms with Crippen LogP contribution >= 0.6 is 0 Å². The Morgan fingerprint density at radius 1 is 1.38 bits per heavy atom. The van der Waals surface area contributed by atoms with E-state index in [4.69, 9.17) is 5.73 Å². The Labute approximate surface area is 95.8 Å². The highest BCUT2D eigenvalue weighted by Crippen LogP contribution is 2.17. The van der Waals surface area contributed by atoms with Crippen LogP contribution in [0.1, 0.15) is 24.2 Å². The molecule has 86 valence electrons. The lowest BCUT2D eigenvalue weighted by Crippen LogP contribution is -2.20. The molecule has 0 radical (unpaired) electrons. The Balaban J connectivity index is 2.92. The first-order valence-electron chi connectivity index (χ1n) is 5.36. The van der Waals surface area contributed by atoms with Crippen LogP contribution in [0.4, 0.5) is 5.69 Å². The van der Waals surface area contributed by atoms with Gasteiger partial charge in [-0.05, 0) is 26.0 Å². The van der Waals surface area contributed by atoms with E-state index in [1.54, 1.807) is 24.5 Å². The summed E-state index contributed by atoms with van der Waals surface area (Å²) < 4.78 is 0. The number of carbonyl (C=O) groups is 1. The minimum Gasteiger partial charge on any atom is -0.366 e. The number of hydrogen-bond acceptors (Lipinski definition) is 2. The summed E-state index contributed by atoms with van der Waals surface area (Å²) in [6, 6.07) is 7.06. The molecule has 0 aromatic heterocycles. The summed E-state index contributed by atoms with van der Waals surface area (Å²) in [5.74, 6) is -0.452. The summed E-state index contributed by atoms with van der Waals surface area (Å²) in [5, 5.41) is 0. The van der Waals surface area contributed by atoms with Crippen molar-refractivity contribution in [2.75, 3.05) is 13.1 Å². The topological polar surface area (TPSA) is 58.7 Å². The molecule has 0 saturated carbocycles. The number of rotatable bonds is 5. The van der Waals surface area contributed by atoms with Crippen molar-refractivity contribution in [1.29, 1.82) is 0 Å². The molecule has 0 fully saturated rings. The number of primary amides is 1. The minimum absolute atomic E-state index is 0.450. The molecule has 0 aliphatic heterocycles. The lowest BCUT2D eigenvalue weighted by atomic mass is 10.2. The number of para-hydroxylation sites is 1. The quantitative estimate of drug-likeness (QED) is 0.606. The number of amides is 1. The van der Waals surface area contributed by atoms with Gasteiger partial charge in [0.05, 0.1) is 17.6 Å². The minimum atomic E-state index is -0.452. The van der Waals surface area contributed by atoms with E-state index in [0.29, 0.717) is 11.3 Å². The number of benzene rings is 1. The molecular weight excluding hydrogens is 202 g/mol. The highest BCUT2D eigenvalue weighted by Gasteiger charge is 2.05. The van der Waals surface area contributed by atoms with E-state index >= 15 is 0 Å². The summed E-state index contributed by atoms with van der Waals surface area (Å²) in [6.07, 6.45) is 1.74. The first-order valence-corrected chi connectivity index (χ1v) is 5.36. The summed E-state index contributed by atoms with van der Waals surface area (Å²) in [7, 11) is 0. The van der Waals surface area contributed by atoms with Crippen molar-refractivity contribution >= 4 is 17.9 Å². The van der Waals surface area contributed by atoms with E-state index in [2.05, 4.69) is 18.8 Å². The van der Waals surface area contributed by atoms with Gasteiger partial charge in [-0.2, -0.15) is 0 Å². The molecule has 0 aliphatic carbocycles. The average Bonchev–Trinajstić information content (AvgIpc) is 2.30. The summed E-state index contributed by atoms with van der Waals surface area (Å²) in [4.78, 5) is 17.4. The monoisotopic (exact) mass is 219 g/mol. The number of nitrogens with two attached hydrogens (primary N) is 1. The molecule has 4 nitrogen and oxygen atoms in total. The molecule has 0 heterocycles. The van der Waals surface area contributed by atoms with Crippen LogP contribution in [0.15, 0.2) is 29.3 Å². The van der Waals surface area contributed by atoms with Crippen LogP contribution < -0.4 is 5.73 Å². The number of nitrogens with zero attached hydrogens (tertiary/aromatic N) is 2. The summed E-state index contributed by atoms with van der Waals surface area (Å²) in [5.41, 5.74) is 6.32. The highest BCUT2D eigenvalue weighted by molar-refractivity contribution is 5.98. The van der Waals surface area contributed by atoms with Crippen molar-refractivity contribution in [3.8, 4) is 0 Å². The largest absolute Gasteiger partial charge is 0.366 e. The van der Waals surface area contributed by atoms with E-state index in [1.807, 2.05) is 11.0 Å². The highest BCUT2D eigenvalue weighted by atomic mass is 16.1. The molecule has 0 spiro atoms. The van der Waals surface area contributed by atoms with Crippen LogP contribution in [0, 0.1) is 0 Å². The van der Waals surface area contributed by atoms with Gasteiger partial charge in [0.25, 0.3) is 5.91 Å². The number of carbonyl (C=O) groups excluding carboxylic acids is 1. The van der Waals surface area contributed by atoms with Gasteiger partial charge < -0.3 is 10.6 Å². The second kappa shape index (κ2) is 5.90. The fourth-order valence-corrected chi connectivity index (χ4v) is 1.33. The van der Waals surface area contributed by atoms with Crippen LogP contribution in [-0.4, -0.2) is 30.2 Å². The molecule has 1 aromatic carbocycles. The van der Waals surface area contributed by atoms with Gasteiger partial charge in [0.15, 0.2) is 0 Å². The van der Waals surface area contributed by atoms with Crippen molar-refractivity contribution in [3.63, 3.8) is 0 Å². The van der Waals surface area contributed by atoms with Crippen LogP contribution in [-0.2, 0) is 0 Å². The van der Waals surface area contributed by atoms with Gasteiger partial charge in [-0.3, -0.25) is 4.79 Å². The SMILES string of the molecule is CCN(C=Nc1ccccc1C(N)=O)CC. The van der Waals surface area contributed by atoms with Crippen LogP contribution in [0.5, 0.6) is 0 Å². The van der Waals surface area contributed by atoms with Gasteiger partial charge in [-0.1, -0.05) is 12.1 Å². The molecule has 1 amide bonds. The molecule has 2 N–H and O–H groups in total. The van der Waals surface area contributed by atoms with Crippen molar-refractivity contribution in [2.45, 2.75) is 13.8 Å². The molecule has 0 aliphatic rings. The summed E-state index contributed by atoms with van der Waals surface area (Å²) in [6.45, 7) is 5.88. The van der Waals surface area contributed by atoms with Gasteiger partial charge in [-0.15, -0.1) is 0 Å². The van der Waals surface area contributed by atoms with E-state index < -0.39 is 5.91 Å². The van der Waals surface area contributed by atoms with Crippen LogP contribution in [0.2, 0.25) is 0 Å². The Bertz CT molecular complexity index is 384. The van der Waals surface area contributed by atoms with E-state index in [9.17, 15) is 4.79 Å². The van der Waals surface area contributed by atoms with E-state index in [-0.39, 0.29) is 0 Å². The zero-order valence-electron chi connectivity index (χ0n) is 9.68. The Hall–Kier alpha value is -1.84. The first kappa shape index (κ1) is 12.2. The average molecular weight is 219 g/mol. The fourth-order valence-electron chi connectivity index (χ4n) is 1.33. The third-order valence-corrected chi connectivity index (χ3v) is 2.34. The summed E-state index contributed by atoms with van der Waals surface area (Å²) >= 11 is 0. The lowest BCUT2D eigenvalue weighted by molar-refractivity contribution is 0.100. The molecule has 1 aromatic rings. The predicted octanol–water partition coefficient (Wildman–Crippen LogP) is 1.79. The molecule has 4 heteroatoms. The van der Waals surface area contributed by atoms with Crippen LogP contribution in [0.3, 0.4) is 0 Å². The number of hydrogen-bond donors (Lipinski definition) is 1. The maximum atomic E-state index is 11.1. The fraction of sp³-hybridized carbons (Fsp3) is 0.333. The van der Waals surface area contributed by atoms with E-state index in [0.717, 1.165) is 13.1 Å². The van der Waals surface area contributed by atoms with Gasteiger partial charge in [-0.25, -0.2) is 4.99 Å². The van der Waals surface area contributed by atoms with Crippen molar-refractivity contribution in [2.24, 2.45) is 10.7 Å². The molecule has 0 atom stereocenters. The second-order valence-corrected chi connectivity index (χ2v) is 3.35. The standard InChI is InChI=1S/C12H17N3O/c1-3-15(4-2)9-14-11-8-6-5-7-10(11)12(13)16/h5-9H,3-4H2,1-2H3,(H2,13,16). The van der Waals surface area contributed by atoms with Gasteiger partial charge in [0.1, 0.15) is 0 Å². The number of aliphatic imine (C=N–C) groups is 1. The normalized spacial score (nSPS) is 10.6. The second-order valence-electron chi connectivity index (χ2n) is 3.35. The first-order chi connectivity index (χ1) is 7.69. The zero-order valence-corrected chi connectivity index (χ0v) is 9.68. The van der Waals surface area contributed by atoms with Gasteiger partial charge >= 0.3 is 0 Å². The molecule has 16 heavy (non-hydrogen) atoms. The Morgan fingerprint density at radius 3 is 2.56 bits per heavy atom. The predicted molar refractivity (Wildman–Crippen MR) is 66.0 cm³/mol. The molecule has 0 unspecified atom stereocenters. The Kier molecular flexibility index (Phi) is 4.51. The smallest absolute Gasteiger partial charge is 0.250 e.